The molecule has 22 heavy (non-hydrogen) atoms. The van der Waals surface area contributed by atoms with Crippen molar-refractivity contribution in [1.82, 2.24) is 9.55 Å². The van der Waals surface area contributed by atoms with E-state index in [-0.39, 0.29) is 6.54 Å². The van der Waals surface area contributed by atoms with Gasteiger partial charge in [-0.3, -0.25) is 4.79 Å². The van der Waals surface area contributed by atoms with E-state index in [0.717, 1.165) is 27.9 Å². The molecule has 0 spiro atoms. The number of aromatic nitrogens is 2. The SMILES string of the molecule is O=C(O)Cn1c(SCCC2CCCCC2)nc2ccccc21. The second kappa shape index (κ2) is 7.18. The molecule has 0 radical (unpaired) electrons. The molecule has 1 aliphatic carbocycles. The van der Waals surface area contributed by atoms with Gasteiger partial charge in [-0.05, 0) is 24.5 Å². The van der Waals surface area contributed by atoms with Gasteiger partial charge in [-0.1, -0.05) is 56.0 Å². The largest absolute Gasteiger partial charge is 0.480 e. The minimum atomic E-state index is -0.822. The highest BCUT2D eigenvalue weighted by atomic mass is 32.2. The number of para-hydroxylation sites is 2. The highest BCUT2D eigenvalue weighted by Gasteiger charge is 2.16. The second-order valence-corrected chi connectivity index (χ2v) is 7.07. The molecule has 0 unspecified atom stereocenters. The van der Waals surface area contributed by atoms with Gasteiger partial charge in [0, 0.05) is 5.75 Å². The number of rotatable bonds is 6. The smallest absolute Gasteiger partial charge is 0.323 e. The van der Waals surface area contributed by atoms with Gasteiger partial charge in [0.25, 0.3) is 0 Å². The molecule has 1 N–H and O–H groups in total. The van der Waals surface area contributed by atoms with Crippen LogP contribution in [0.4, 0.5) is 0 Å². The van der Waals surface area contributed by atoms with Crippen LogP contribution in [0.1, 0.15) is 38.5 Å². The number of benzene rings is 1. The van der Waals surface area contributed by atoms with Crippen LogP contribution in [-0.4, -0.2) is 26.4 Å². The van der Waals surface area contributed by atoms with E-state index in [4.69, 9.17) is 5.11 Å². The van der Waals surface area contributed by atoms with Crippen LogP contribution in [-0.2, 0) is 11.3 Å². The highest BCUT2D eigenvalue weighted by Crippen LogP contribution is 2.30. The van der Waals surface area contributed by atoms with Crippen LogP contribution >= 0.6 is 11.8 Å². The number of carboxylic acids is 1. The molecule has 1 aromatic heterocycles. The van der Waals surface area contributed by atoms with Crippen LogP contribution in [0.5, 0.6) is 0 Å². The summed E-state index contributed by atoms with van der Waals surface area (Å²) in [5.74, 6) is 1.05. The molecular formula is C17H22N2O2S. The lowest BCUT2D eigenvalue weighted by molar-refractivity contribution is -0.137. The van der Waals surface area contributed by atoms with E-state index in [1.807, 2.05) is 28.8 Å². The standard InChI is InChI=1S/C17H22N2O2S/c20-16(21)12-19-15-9-5-4-8-14(15)18-17(19)22-11-10-13-6-2-1-3-7-13/h4-5,8-9,13H,1-3,6-7,10-12H2,(H,20,21). The first-order chi connectivity index (χ1) is 10.7. The Morgan fingerprint density at radius 3 is 2.82 bits per heavy atom. The maximum atomic E-state index is 11.1. The molecule has 1 fully saturated rings. The quantitative estimate of drug-likeness (QED) is 0.812. The van der Waals surface area contributed by atoms with Gasteiger partial charge in [0.1, 0.15) is 6.54 Å². The van der Waals surface area contributed by atoms with Crippen LogP contribution in [0.2, 0.25) is 0 Å². The van der Waals surface area contributed by atoms with Gasteiger partial charge in [0.2, 0.25) is 0 Å². The maximum Gasteiger partial charge on any atom is 0.323 e. The summed E-state index contributed by atoms with van der Waals surface area (Å²) in [5.41, 5.74) is 1.79. The Bertz CT molecular complexity index is 647. The molecule has 0 amide bonds. The average Bonchev–Trinajstić information content (AvgIpc) is 2.86. The zero-order valence-corrected chi connectivity index (χ0v) is 13.5. The lowest BCUT2D eigenvalue weighted by Gasteiger charge is -2.20. The molecular weight excluding hydrogens is 296 g/mol. The van der Waals surface area contributed by atoms with Gasteiger partial charge >= 0.3 is 5.97 Å². The lowest BCUT2D eigenvalue weighted by atomic mass is 9.88. The third-order valence-corrected chi connectivity index (χ3v) is 5.40. The third kappa shape index (κ3) is 3.64. The van der Waals surface area contributed by atoms with E-state index in [1.54, 1.807) is 11.8 Å². The molecule has 1 heterocycles. The molecule has 0 aliphatic heterocycles. The number of fused-ring (bicyclic) bond motifs is 1. The van der Waals surface area contributed by atoms with E-state index in [2.05, 4.69) is 4.98 Å². The van der Waals surface area contributed by atoms with Gasteiger partial charge in [-0.2, -0.15) is 0 Å². The van der Waals surface area contributed by atoms with Crippen molar-refractivity contribution in [3.8, 4) is 0 Å². The first kappa shape index (κ1) is 15.4. The van der Waals surface area contributed by atoms with Crippen molar-refractivity contribution >= 4 is 28.8 Å². The fourth-order valence-corrected chi connectivity index (χ4v) is 4.36. The third-order valence-electron chi connectivity index (χ3n) is 4.39. The van der Waals surface area contributed by atoms with E-state index in [0.29, 0.717) is 0 Å². The summed E-state index contributed by atoms with van der Waals surface area (Å²) in [6.07, 6.45) is 8.04. The predicted octanol–water partition coefficient (Wildman–Crippen LogP) is 4.18. The monoisotopic (exact) mass is 318 g/mol. The molecule has 1 aromatic carbocycles. The minimum Gasteiger partial charge on any atom is -0.480 e. The number of thioether (sulfide) groups is 1. The summed E-state index contributed by atoms with van der Waals surface area (Å²) in [4.78, 5) is 15.7. The molecule has 0 bridgehead atoms. The van der Waals surface area contributed by atoms with Gasteiger partial charge < -0.3 is 9.67 Å². The van der Waals surface area contributed by atoms with E-state index < -0.39 is 5.97 Å². The molecule has 4 nitrogen and oxygen atoms in total. The fraction of sp³-hybridized carbons (Fsp3) is 0.529. The molecule has 5 heteroatoms. The Hall–Kier alpha value is -1.49. The highest BCUT2D eigenvalue weighted by molar-refractivity contribution is 7.99. The maximum absolute atomic E-state index is 11.1. The molecule has 0 atom stereocenters. The van der Waals surface area contributed by atoms with Crippen LogP contribution < -0.4 is 0 Å². The van der Waals surface area contributed by atoms with Crippen LogP contribution in [0.25, 0.3) is 11.0 Å². The number of aliphatic carboxylic acids is 1. The first-order valence-corrected chi connectivity index (χ1v) is 9.02. The van der Waals surface area contributed by atoms with Crippen molar-refractivity contribution in [2.45, 2.75) is 50.2 Å². The van der Waals surface area contributed by atoms with Crippen molar-refractivity contribution in [3.63, 3.8) is 0 Å². The van der Waals surface area contributed by atoms with Gasteiger partial charge in [0.15, 0.2) is 5.16 Å². The number of hydrogen-bond donors (Lipinski definition) is 1. The molecule has 1 aliphatic rings. The van der Waals surface area contributed by atoms with Crippen LogP contribution in [0, 0.1) is 5.92 Å². The molecule has 1 saturated carbocycles. The van der Waals surface area contributed by atoms with Crippen molar-refractivity contribution in [1.29, 1.82) is 0 Å². The molecule has 2 aromatic rings. The summed E-state index contributed by atoms with van der Waals surface area (Å²) in [6, 6.07) is 7.76. The normalized spacial score (nSPS) is 16.2. The summed E-state index contributed by atoms with van der Waals surface area (Å²) in [5, 5.41) is 9.97. The van der Waals surface area contributed by atoms with Crippen molar-refractivity contribution in [2.75, 3.05) is 5.75 Å². The Labute approximate surface area is 134 Å². The van der Waals surface area contributed by atoms with E-state index in [1.165, 1.54) is 38.5 Å². The predicted molar refractivity (Wildman–Crippen MR) is 89.3 cm³/mol. The molecule has 0 saturated heterocycles. The summed E-state index contributed by atoms with van der Waals surface area (Å²) >= 11 is 1.70. The number of nitrogens with zero attached hydrogens (tertiary/aromatic N) is 2. The average molecular weight is 318 g/mol. The van der Waals surface area contributed by atoms with Crippen molar-refractivity contribution < 1.29 is 9.90 Å². The van der Waals surface area contributed by atoms with Gasteiger partial charge in [0.05, 0.1) is 11.0 Å². The summed E-state index contributed by atoms with van der Waals surface area (Å²) in [7, 11) is 0. The Morgan fingerprint density at radius 2 is 2.05 bits per heavy atom. The second-order valence-electron chi connectivity index (χ2n) is 6.00. The van der Waals surface area contributed by atoms with Gasteiger partial charge in [-0.25, -0.2) is 4.98 Å². The molecule has 118 valence electrons. The van der Waals surface area contributed by atoms with Crippen LogP contribution in [0.3, 0.4) is 0 Å². The number of hydrogen-bond acceptors (Lipinski definition) is 3. The number of imidazole rings is 1. The number of carboxylic acid groups (broad SMARTS) is 1. The lowest BCUT2D eigenvalue weighted by Crippen LogP contribution is -2.10. The Balaban J connectivity index is 1.70. The topological polar surface area (TPSA) is 55.1 Å². The van der Waals surface area contributed by atoms with Crippen molar-refractivity contribution in [3.05, 3.63) is 24.3 Å². The fourth-order valence-electron chi connectivity index (χ4n) is 3.24. The zero-order valence-electron chi connectivity index (χ0n) is 12.7. The minimum absolute atomic E-state index is 0.0216. The number of carbonyl (C=O) groups is 1. The first-order valence-electron chi connectivity index (χ1n) is 8.04. The summed E-state index contributed by atoms with van der Waals surface area (Å²) in [6.45, 7) is -0.0216. The Kier molecular flexibility index (Phi) is 5.03. The van der Waals surface area contributed by atoms with E-state index >= 15 is 0 Å². The van der Waals surface area contributed by atoms with Crippen LogP contribution in [0.15, 0.2) is 29.4 Å². The van der Waals surface area contributed by atoms with E-state index in [9.17, 15) is 4.79 Å². The Morgan fingerprint density at radius 1 is 1.27 bits per heavy atom. The van der Waals surface area contributed by atoms with Gasteiger partial charge in [-0.15, -0.1) is 0 Å². The van der Waals surface area contributed by atoms with Crippen molar-refractivity contribution in [2.24, 2.45) is 5.92 Å². The summed E-state index contributed by atoms with van der Waals surface area (Å²) < 4.78 is 1.82. The molecule has 3 rings (SSSR count). The zero-order chi connectivity index (χ0) is 15.4.